The second kappa shape index (κ2) is 9.85. The van der Waals surface area contributed by atoms with E-state index in [0.29, 0.717) is 16.3 Å². The summed E-state index contributed by atoms with van der Waals surface area (Å²) < 4.78 is 0. The number of fused-ring (bicyclic) bond motifs is 3. The molecule has 7 rings (SSSR count). The number of benzene rings is 3. The van der Waals surface area contributed by atoms with Crippen molar-refractivity contribution < 1.29 is 4.79 Å². The molecule has 0 N–H and O–H groups in total. The minimum absolute atomic E-state index is 0.319. The van der Waals surface area contributed by atoms with Gasteiger partial charge in [0.05, 0.1) is 28.6 Å². The highest BCUT2D eigenvalue weighted by Crippen LogP contribution is 2.51. The number of nitrogens with zero attached hydrogens (tertiary/aromatic N) is 7. The number of rotatable bonds is 3. The molecule has 0 spiro atoms. The maximum Gasteiger partial charge on any atom is 0.270 e. The van der Waals surface area contributed by atoms with Crippen LogP contribution in [0.1, 0.15) is 27.9 Å². The molecule has 2 aromatic heterocycles. The fourth-order valence-electron chi connectivity index (χ4n) is 5.73. The van der Waals surface area contributed by atoms with Crippen molar-refractivity contribution in [2.45, 2.75) is 27.7 Å². The number of anilines is 4. The molecule has 2 aliphatic heterocycles. The van der Waals surface area contributed by atoms with Gasteiger partial charge in [-0.15, -0.1) is 5.10 Å². The van der Waals surface area contributed by atoms with E-state index in [2.05, 4.69) is 89.1 Å². The van der Waals surface area contributed by atoms with Crippen LogP contribution in [0.15, 0.2) is 89.8 Å². The van der Waals surface area contributed by atoms with Crippen LogP contribution in [0.2, 0.25) is 0 Å². The smallest absolute Gasteiger partial charge is 0.270 e. The molecule has 0 unspecified atom stereocenters. The minimum Gasteiger partial charge on any atom is -0.276 e. The van der Waals surface area contributed by atoms with Gasteiger partial charge in [0.1, 0.15) is 16.9 Å². The number of aryl methyl sites for hydroxylation is 4. The minimum atomic E-state index is -0.319. The van der Waals surface area contributed by atoms with E-state index >= 15 is 0 Å². The first-order valence-corrected chi connectivity index (χ1v) is 13.7. The van der Waals surface area contributed by atoms with Gasteiger partial charge in [0.15, 0.2) is 11.6 Å². The van der Waals surface area contributed by atoms with Crippen molar-refractivity contribution in [1.82, 2.24) is 20.2 Å². The van der Waals surface area contributed by atoms with E-state index in [1.165, 1.54) is 6.08 Å². The molecule has 8 heteroatoms. The average Bonchev–Trinajstić information content (AvgIpc) is 3.27. The van der Waals surface area contributed by atoms with Crippen molar-refractivity contribution in [2.24, 2.45) is 4.99 Å². The van der Waals surface area contributed by atoms with Crippen LogP contribution in [0.25, 0.3) is 23.2 Å². The lowest BCUT2D eigenvalue weighted by Crippen LogP contribution is -2.32. The Morgan fingerprint density at radius 1 is 0.667 bits per heavy atom. The lowest BCUT2D eigenvalue weighted by atomic mass is 10.1. The van der Waals surface area contributed by atoms with E-state index in [-0.39, 0.29) is 5.91 Å². The van der Waals surface area contributed by atoms with E-state index in [0.717, 1.165) is 62.1 Å². The molecule has 0 aliphatic carbocycles. The van der Waals surface area contributed by atoms with Gasteiger partial charge in [0.2, 0.25) is 0 Å². The second-order valence-corrected chi connectivity index (χ2v) is 10.5. The number of hydrogen-bond acceptors (Lipinski definition) is 7. The van der Waals surface area contributed by atoms with Crippen LogP contribution in [-0.4, -0.2) is 26.1 Å². The first-order chi connectivity index (χ1) is 20.4. The van der Waals surface area contributed by atoms with Gasteiger partial charge in [-0.2, -0.15) is 5.10 Å². The summed E-state index contributed by atoms with van der Waals surface area (Å²) in [4.78, 5) is 31.1. The highest BCUT2D eigenvalue weighted by Gasteiger charge is 2.38. The molecule has 5 aromatic rings. The molecule has 4 heterocycles. The van der Waals surface area contributed by atoms with Crippen molar-refractivity contribution in [1.29, 1.82) is 0 Å². The summed E-state index contributed by atoms with van der Waals surface area (Å²) in [5, 5.41) is 9.53. The quantitative estimate of drug-likeness (QED) is 0.296. The number of para-hydroxylation sites is 4. The molecule has 1 amide bonds. The number of amides is 1. The average molecular weight is 550 g/mol. The molecule has 204 valence electrons. The molecule has 3 aromatic carbocycles. The van der Waals surface area contributed by atoms with E-state index in [9.17, 15) is 4.79 Å². The predicted molar refractivity (Wildman–Crippen MR) is 165 cm³/mol. The Hall–Kier alpha value is -5.50. The van der Waals surface area contributed by atoms with Crippen LogP contribution in [0.4, 0.5) is 23.0 Å². The van der Waals surface area contributed by atoms with E-state index in [1.807, 2.05) is 36.4 Å². The predicted octanol–water partition coefficient (Wildman–Crippen LogP) is 5.44. The summed E-state index contributed by atoms with van der Waals surface area (Å²) in [6.45, 7) is 8.44. The van der Waals surface area contributed by atoms with Gasteiger partial charge >= 0.3 is 0 Å². The SMILES string of the molecule is Cc1cccc(C)c1N1C(=C/C=c2/cnnc3c2=NC(=O)C=C3)N(c2c(C)cccc2C)c2nc3ccccc3nc21. The second-order valence-electron chi connectivity index (χ2n) is 10.5. The zero-order valence-corrected chi connectivity index (χ0v) is 23.7. The molecule has 42 heavy (non-hydrogen) atoms. The molecule has 0 bridgehead atoms. The Morgan fingerprint density at radius 3 is 1.76 bits per heavy atom. The Bertz CT molecular complexity index is 1990. The van der Waals surface area contributed by atoms with Crippen LogP contribution in [0.5, 0.6) is 0 Å². The zero-order chi connectivity index (χ0) is 29.0. The first kappa shape index (κ1) is 25.5. The van der Waals surface area contributed by atoms with Crippen LogP contribution < -0.4 is 20.4 Å². The van der Waals surface area contributed by atoms with Crippen LogP contribution >= 0.6 is 0 Å². The third-order valence-electron chi connectivity index (χ3n) is 7.64. The van der Waals surface area contributed by atoms with Gasteiger partial charge in [-0.3, -0.25) is 14.6 Å². The summed E-state index contributed by atoms with van der Waals surface area (Å²) in [6.07, 6.45) is 8.65. The number of hydrogen-bond donors (Lipinski definition) is 0. The summed E-state index contributed by atoms with van der Waals surface area (Å²) in [5.74, 6) is 2.01. The molecular weight excluding hydrogens is 522 g/mol. The molecule has 0 atom stereocenters. The van der Waals surface area contributed by atoms with Gasteiger partial charge in [-0.05, 0) is 80.3 Å². The van der Waals surface area contributed by atoms with Gasteiger partial charge in [-0.1, -0.05) is 48.5 Å². The summed E-state index contributed by atoms with van der Waals surface area (Å²) in [7, 11) is 0. The molecule has 2 aliphatic rings. The standard InChI is InChI=1S/C34H27N7O/c1-20-9-7-10-21(2)31(20)40-29(18-15-24-19-35-39-27-16-17-28(42)38-30(24)27)41(32-22(3)11-8-12-23(32)4)34-33(40)36-25-13-5-6-14-26(25)37-34/h5-19H,1-4H3/b24-15-. The Morgan fingerprint density at radius 2 is 1.21 bits per heavy atom. The molecule has 0 fully saturated rings. The third kappa shape index (κ3) is 4.07. The molecule has 0 radical (unpaired) electrons. The Balaban J connectivity index is 1.59. The lowest BCUT2D eigenvalue weighted by Gasteiger charge is -2.28. The van der Waals surface area contributed by atoms with Crippen molar-refractivity contribution in [3.63, 3.8) is 0 Å². The van der Waals surface area contributed by atoms with E-state index in [1.54, 1.807) is 12.3 Å². The van der Waals surface area contributed by atoms with Crippen LogP contribution in [0, 0.1) is 27.7 Å². The molecule has 8 nitrogen and oxygen atoms in total. The number of allylic oxidation sites excluding steroid dienone is 1. The molecular formula is C34H27N7O. The van der Waals surface area contributed by atoms with Gasteiger partial charge in [-0.25, -0.2) is 15.0 Å². The van der Waals surface area contributed by atoms with E-state index < -0.39 is 0 Å². The fourth-order valence-corrected chi connectivity index (χ4v) is 5.73. The summed E-state index contributed by atoms with van der Waals surface area (Å²) >= 11 is 0. The van der Waals surface area contributed by atoms with Gasteiger partial charge < -0.3 is 0 Å². The topological polar surface area (TPSA) is 87.5 Å². The monoisotopic (exact) mass is 549 g/mol. The third-order valence-corrected chi connectivity index (χ3v) is 7.64. The normalized spacial score (nSPS) is 14.3. The number of aromatic nitrogens is 4. The lowest BCUT2D eigenvalue weighted by molar-refractivity contribution is -0.113. The summed E-state index contributed by atoms with van der Waals surface area (Å²) in [6, 6.07) is 20.5. The maximum absolute atomic E-state index is 12.2. The zero-order valence-electron chi connectivity index (χ0n) is 23.7. The van der Waals surface area contributed by atoms with Crippen molar-refractivity contribution in [3.05, 3.63) is 123 Å². The Labute approximate surface area is 242 Å². The van der Waals surface area contributed by atoms with E-state index in [4.69, 9.17) is 9.97 Å². The van der Waals surface area contributed by atoms with Crippen molar-refractivity contribution in [3.8, 4) is 0 Å². The molecule has 0 saturated carbocycles. The van der Waals surface area contributed by atoms with Crippen LogP contribution in [-0.2, 0) is 4.79 Å². The summed E-state index contributed by atoms with van der Waals surface area (Å²) in [5.41, 5.74) is 8.70. The first-order valence-electron chi connectivity index (χ1n) is 13.7. The van der Waals surface area contributed by atoms with Crippen LogP contribution in [0.3, 0.4) is 0 Å². The highest BCUT2D eigenvalue weighted by molar-refractivity contribution is 5.96. The number of carbonyl (C=O) groups excluding carboxylic acids is 1. The van der Waals surface area contributed by atoms with Crippen molar-refractivity contribution >= 4 is 52.1 Å². The largest absolute Gasteiger partial charge is 0.276 e. The van der Waals surface area contributed by atoms with Gasteiger partial charge in [0.25, 0.3) is 5.91 Å². The highest BCUT2D eigenvalue weighted by atomic mass is 16.1. The Kier molecular flexibility index (Phi) is 5.97. The van der Waals surface area contributed by atoms with Gasteiger partial charge in [0, 0.05) is 11.3 Å². The fraction of sp³-hybridized carbons (Fsp3) is 0.118. The van der Waals surface area contributed by atoms with Crippen molar-refractivity contribution in [2.75, 3.05) is 9.80 Å². The number of carbonyl (C=O) groups is 1. The molecule has 0 saturated heterocycles. The maximum atomic E-state index is 12.2.